The van der Waals surface area contributed by atoms with Crippen LogP contribution in [-0.4, -0.2) is 62.7 Å². The van der Waals surface area contributed by atoms with Gasteiger partial charge in [-0.2, -0.15) is 5.10 Å². The fourth-order valence-corrected chi connectivity index (χ4v) is 6.79. The van der Waals surface area contributed by atoms with Crippen LogP contribution in [0.3, 0.4) is 0 Å². The fourth-order valence-electron chi connectivity index (χ4n) is 6.40. The van der Waals surface area contributed by atoms with Crippen molar-refractivity contribution in [3.05, 3.63) is 80.1 Å². The molecule has 2 aromatic carbocycles. The van der Waals surface area contributed by atoms with Crippen LogP contribution in [0.25, 0.3) is 0 Å². The number of carbonyl (C=O) groups excluding carboxylic acids is 2. The third-order valence-electron chi connectivity index (χ3n) is 8.41. The summed E-state index contributed by atoms with van der Waals surface area (Å²) in [5, 5.41) is 20.5. The molecule has 5 rings (SSSR count). The summed E-state index contributed by atoms with van der Waals surface area (Å²) < 4.78 is 7.29. The Morgan fingerprint density at radius 1 is 1.07 bits per heavy atom. The number of ether oxygens (including phenoxy) is 1. The lowest BCUT2D eigenvalue weighted by Gasteiger charge is -2.34. The van der Waals surface area contributed by atoms with Crippen LogP contribution in [0.4, 0.5) is 10.5 Å². The van der Waals surface area contributed by atoms with Gasteiger partial charge in [-0.1, -0.05) is 49.2 Å². The molecule has 0 spiro atoms. The van der Waals surface area contributed by atoms with Gasteiger partial charge in [0.05, 0.1) is 12.6 Å². The maximum atomic E-state index is 14.2. The molecule has 1 aromatic heterocycles. The highest BCUT2D eigenvalue weighted by atomic mass is 35.5. The predicted molar refractivity (Wildman–Crippen MR) is 177 cm³/mol. The predicted octanol–water partition coefficient (Wildman–Crippen LogP) is 6.99. The molecule has 0 saturated carbocycles. The van der Waals surface area contributed by atoms with Crippen LogP contribution < -0.4 is 10.2 Å². The SMILES string of the molecule is Cc1cc(Cl)ccc1C1c2c(nn(CC(O)NC3CCN(C(=O)OC(C)(C)C)CC3)c2C(C)C)C(=O)N1c1cc(Cl)ccc1C. The summed E-state index contributed by atoms with van der Waals surface area (Å²) in [5.74, 6) is -0.207. The number of aliphatic hydroxyl groups excluding tert-OH is 1. The first-order valence-corrected chi connectivity index (χ1v) is 16.3. The maximum absolute atomic E-state index is 14.2. The molecule has 0 bridgehead atoms. The normalized spacial score (nSPS) is 18.1. The Bertz CT molecular complexity index is 1590. The van der Waals surface area contributed by atoms with Gasteiger partial charge in [0, 0.05) is 46.1 Å². The zero-order valence-corrected chi connectivity index (χ0v) is 28.5. The second-order valence-electron chi connectivity index (χ2n) is 13.4. The van der Waals surface area contributed by atoms with Gasteiger partial charge >= 0.3 is 6.09 Å². The van der Waals surface area contributed by atoms with Crippen molar-refractivity contribution in [3.63, 3.8) is 0 Å². The molecule has 2 N–H and O–H groups in total. The minimum Gasteiger partial charge on any atom is -0.444 e. The highest BCUT2D eigenvalue weighted by Gasteiger charge is 2.45. The lowest BCUT2D eigenvalue weighted by molar-refractivity contribution is 0.0169. The second-order valence-corrected chi connectivity index (χ2v) is 14.3. The lowest BCUT2D eigenvalue weighted by atomic mass is 9.91. The Kier molecular flexibility index (Phi) is 9.57. The van der Waals surface area contributed by atoms with Gasteiger partial charge in [-0.15, -0.1) is 0 Å². The van der Waals surface area contributed by atoms with E-state index in [2.05, 4.69) is 19.2 Å². The number of nitrogens with one attached hydrogen (secondary N) is 1. The highest BCUT2D eigenvalue weighted by molar-refractivity contribution is 6.31. The summed E-state index contributed by atoms with van der Waals surface area (Å²) >= 11 is 12.8. The van der Waals surface area contributed by atoms with Crippen LogP contribution >= 0.6 is 23.2 Å². The summed E-state index contributed by atoms with van der Waals surface area (Å²) in [6.07, 6.45) is 0.157. The lowest BCUT2D eigenvalue weighted by Crippen LogP contribution is -2.49. The molecule has 2 amide bonds. The number of aryl methyl sites for hydroxylation is 2. The topological polar surface area (TPSA) is 99.9 Å². The van der Waals surface area contributed by atoms with Gasteiger partial charge in [0.25, 0.3) is 5.91 Å². The van der Waals surface area contributed by atoms with Crippen molar-refractivity contribution in [2.75, 3.05) is 18.0 Å². The number of benzene rings is 2. The summed E-state index contributed by atoms with van der Waals surface area (Å²) in [4.78, 5) is 30.2. The third-order valence-corrected chi connectivity index (χ3v) is 8.88. The quantitative estimate of drug-likeness (QED) is 0.266. The van der Waals surface area contributed by atoms with Crippen molar-refractivity contribution in [1.82, 2.24) is 20.0 Å². The Hall–Kier alpha value is -3.11. The van der Waals surface area contributed by atoms with Gasteiger partial charge in [-0.05, 0) is 94.3 Å². The van der Waals surface area contributed by atoms with Crippen LogP contribution in [0.5, 0.6) is 0 Å². The fraction of sp³-hybridized carbons (Fsp3) is 0.500. The molecule has 0 radical (unpaired) electrons. The van der Waals surface area contributed by atoms with Crippen molar-refractivity contribution in [2.24, 2.45) is 0 Å². The van der Waals surface area contributed by atoms with Crippen LogP contribution in [-0.2, 0) is 11.3 Å². The van der Waals surface area contributed by atoms with Crippen molar-refractivity contribution in [3.8, 4) is 0 Å². The van der Waals surface area contributed by atoms with Gasteiger partial charge in [0.15, 0.2) is 5.69 Å². The van der Waals surface area contributed by atoms with E-state index < -0.39 is 17.9 Å². The number of hydrogen-bond donors (Lipinski definition) is 2. The summed E-state index contributed by atoms with van der Waals surface area (Å²) in [6, 6.07) is 10.9. The van der Waals surface area contributed by atoms with Crippen molar-refractivity contribution >= 4 is 40.9 Å². The molecule has 9 nitrogen and oxygen atoms in total. The summed E-state index contributed by atoms with van der Waals surface area (Å²) in [6.45, 7) is 14.9. The number of halogens is 2. The van der Waals surface area contributed by atoms with E-state index in [1.165, 1.54) is 0 Å². The number of nitrogens with zero attached hydrogens (tertiary/aromatic N) is 4. The molecule has 2 aliphatic heterocycles. The molecule has 242 valence electrons. The van der Waals surface area contributed by atoms with Gasteiger partial charge in [-0.3, -0.25) is 19.7 Å². The molecule has 0 aliphatic carbocycles. The van der Waals surface area contributed by atoms with E-state index in [9.17, 15) is 14.7 Å². The average molecular weight is 657 g/mol. The molecular weight excluding hydrogens is 613 g/mol. The van der Waals surface area contributed by atoms with Crippen molar-refractivity contribution in [2.45, 2.75) is 97.7 Å². The van der Waals surface area contributed by atoms with E-state index >= 15 is 0 Å². The summed E-state index contributed by atoms with van der Waals surface area (Å²) in [5.41, 5.74) is 5.10. The second kappa shape index (κ2) is 12.9. The number of fused-ring (bicyclic) bond motifs is 1. The number of likely N-dealkylation sites (tertiary alicyclic amines) is 1. The van der Waals surface area contributed by atoms with Gasteiger partial charge < -0.3 is 14.7 Å². The van der Waals surface area contributed by atoms with Crippen molar-refractivity contribution in [1.29, 1.82) is 0 Å². The first-order valence-electron chi connectivity index (χ1n) is 15.5. The standard InChI is InChI=1S/C34H43Cl2N5O4/c1-19(2)30-28-29(38-40(30)18-27(42)37-24-12-14-39(15-13-24)33(44)45-34(5,6)7)32(43)41(26-17-23(36)9-8-20(26)3)31(28)25-11-10-22(35)16-21(25)4/h8-11,16-17,19,24,27,31,37,42H,12-15,18H2,1-7H3. The minimum atomic E-state index is -0.905. The first-order chi connectivity index (χ1) is 21.1. The zero-order valence-electron chi connectivity index (χ0n) is 27.0. The Morgan fingerprint density at radius 2 is 1.71 bits per heavy atom. The van der Waals surface area contributed by atoms with E-state index in [1.54, 1.807) is 14.5 Å². The third kappa shape index (κ3) is 7.02. The summed E-state index contributed by atoms with van der Waals surface area (Å²) in [7, 11) is 0. The first kappa shape index (κ1) is 33.3. The van der Waals surface area contributed by atoms with E-state index in [0.717, 1.165) is 33.6 Å². The van der Waals surface area contributed by atoms with Gasteiger partial charge in [0.1, 0.15) is 11.8 Å². The molecule has 45 heavy (non-hydrogen) atoms. The Morgan fingerprint density at radius 3 is 2.33 bits per heavy atom. The van der Waals surface area contributed by atoms with E-state index in [1.807, 2.05) is 71.0 Å². The average Bonchev–Trinajstić information content (AvgIpc) is 3.43. The zero-order chi connectivity index (χ0) is 32.8. The number of aliphatic hydroxyl groups is 1. The number of rotatable bonds is 7. The largest absolute Gasteiger partial charge is 0.444 e. The van der Waals surface area contributed by atoms with E-state index in [4.69, 9.17) is 33.0 Å². The molecule has 1 saturated heterocycles. The number of aromatic nitrogens is 2. The molecule has 3 heterocycles. The van der Waals surface area contributed by atoms with Crippen LogP contribution in [0.15, 0.2) is 36.4 Å². The molecule has 11 heteroatoms. The number of hydrogen-bond acceptors (Lipinski definition) is 6. The van der Waals surface area contributed by atoms with Gasteiger partial charge in [-0.25, -0.2) is 4.79 Å². The molecule has 1 fully saturated rings. The molecule has 3 aromatic rings. The van der Waals surface area contributed by atoms with Crippen LogP contribution in [0, 0.1) is 13.8 Å². The molecular formula is C34H43Cl2N5O4. The minimum absolute atomic E-state index is 0.00818. The smallest absolute Gasteiger partial charge is 0.410 e. The maximum Gasteiger partial charge on any atom is 0.410 e. The van der Waals surface area contributed by atoms with Gasteiger partial charge in [0.2, 0.25) is 0 Å². The van der Waals surface area contributed by atoms with E-state index in [0.29, 0.717) is 41.7 Å². The van der Waals surface area contributed by atoms with Crippen LogP contribution in [0.2, 0.25) is 10.0 Å². The molecule has 2 unspecified atom stereocenters. The number of amides is 2. The number of carbonyl (C=O) groups is 2. The van der Waals surface area contributed by atoms with Crippen LogP contribution in [0.1, 0.15) is 97.9 Å². The highest BCUT2D eigenvalue weighted by Crippen LogP contribution is 2.47. The Balaban J connectivity index is 1.42. The number of anilines is 1. The molecule has 2 atom stereocenters. The number of piperidine rings is 1. The monoisotopic (exact) mass is 655 g/mol. The van der Waals surface area contributed by atoms with Crippen molar-refractivity contribution < 1.29 is 19.4 Å². The Labute approximate surface area is 275 Å². The molecule has 2 aliphatic rings. The van der Waals surface area contributed by atoms with E-state index in [-0.39, 0.29) is 30.5 Å².